The van der Waals surface area contributed by atoms with Crippen LogP contribution in [0.4, 0.5) is 18.3 Å². The van der Waals surface area contributed by atoms with E-state index in [2.05, 4.69) is 20.4 Å². The van der Waals surface area contributed by atoms with Gasteiger partial charge in [0.2, 0.25) is 0 Å². The van der Waals surface area contributed by atoms with E-state index in [9.17, 15) is 18.3 Å². The quantitative estimate of drug-likeness (QED) is 0.886. The number of rotatable bonds is 3. The number of aliphatic hydroxyl groups is 1. The van der Waals surface area contributed by atoms with Crippen LogP contribution in [0.3, 0.4) is 0 Å². The largest absolute Gasteiger partial charge is 0.429 e. The fraction of sp³-hybridized carbons (Fsp3) is 0.444. The number of nitrogens with zero attached hydrogens (tertiary/aromatic N) is 4. The van der Waals surface area contributed by atoms with Gasteiger partial charge in [-0.15, -0.1) is 0 Å². The first kappa shape index (κ1) is 13.7. The van der Waals surface area contributed by atoms with Gasteiger partial charge in [-0.05, 0) is 0 Å². The molecule has 0 spiro atoms. The topological polar surface area (TPSA) is 75.9 Å². The van der Waals surface area contributed by atoms with Crippen molar-refractivity contribution in [3.63, 3.8) is 0 Å². The normalized spacial score (nSPS) is 15.3. The third-order valence-electron chi connectivity index (χ3n) is 2.52. The number of nitrogens with one attached hydrogen (secondary N) is 1. The molecule has 0 radical (unpaired) electrons. The predicted molar refractivity (Wildman–Crippen MR) is 61.7 cm³/mol. The highest BCUT2D eigenvalue weighted by Crippen LogP contribution is 2.45. The lowest BCUT2D eigenvalue weighted by molar-refractivity contribution is -0.250. The molecule has 104 valence electrons. The van der Waals surface area contributed by atoms with E-state index in [1.54, 1.807) is 0 Å². The maximum atomic E-state index is 13.3. The second-order valence-corrected chi connectivity index (χ2v) is 4.73. The number of hydrogen-bond acceptors (Lipinski definition) is 6. The molecule has 6 nitrogen and oxygen atoms in total. The lowest BCUT2D eigenvalue weighted by atomic mass is 10.0. The van der Waals surface area contributed by atoms with Crippen molar-refractivity contribution < 1.29 is 18.3 Å². The van der Waals surface area contributed by atoms with Gasteiger partial charge in [-0.2, -0.15) is 18.3 Å². The van der Waals surface area contributed by atoms with E-state index in [4.69, 9.17) is 0 Å². The molecular weight excluding hydrogens is 283 g/mol. The molecule has 10 heteroatoms. The third-order valence-corrected chi connectivity index (χ3v) is 3.65. The first-order valence-corrected chi connectivity index (χ1v) is 5.90. The van der Waals surface area contributed by atoms with Crippen LogP contribution < -0.4 is 5.32 Å². The summed E-state index contributed by atoms with van der Waals surface area (Å²) in [6.45, 7) is 0. The fourth-order valence-electron chi connectivity index (χ4n) is 1.56. The highest BCUT2D eigenvalue weighted by atomic mass is 32.1. The average molecular weight is 293 g/mol. The van der Waals surface area contributed by atoms with Gasteiger partial charge in [0.15, 0.2) is 11.0 Å². The van der Waals surface area contributed by atoms with Crippen molar-refractivity contribution in [2.24, 2.45) is 7.05 Å². The van der Waals surface area contributed by atoms with Crippen LogP contribution in [0.25, 0.3) is 0 Å². The molecular formula is C9H10F3N5OS. The fourth-order valence-corrected chi connectivity index (χ4v) is 2.43. The summed E-state index contributed by atoms with van der Waals surface area (Å²) in [6, 6.07) is 0. The molecule has 0 saturated heterocycles. The zero-order chi connectivity index (χ0) is 14.3. The highest BCUT2D eigenvalue weighted by molar-refractivity contribution is 7.15. The third kappa shape index (κ3) is 2.06. The summed E-state index contributed by atoms with van der Waals surface area (Å²) in [6.07, 6.45) is -3.02. The molecule has 2 aromatic heterocycles. The first-order valence-electron chi connectivity index (χ1n) is 5.08. The molecule has 19 heavy (non-hydrogen) atoms. The van der Waals surface area contributed by atoms with Crippen molar-refractivity contribution in [3.8, 4) is 0 Å². The van der Waals surface area contributed by atoms with E-state index >= 15 is 0 Å². The van der Waals surface area contributed by atoms with Gasteiger partial charge in [0, 0.05) is 20.3 Å². The molecule has 0 aliphatic rings. The van der Waals surface area contributed by atoms with E-state index in [0.717, 1.165) is 17.2 Å². The average Bonchev–Trinajstić information content (AvgIpc) is 2.95. The Hall–Kier alpha value is -1.68. The Morgan fingerprint density at radius 1 is 1.37 bits per heavy atom. The van der Waals surface area contributed by atoms with Crippen molar-refractivity contribution in [2.75, 3.05) is 12.4 Å². The molecule has 2 rings (SSSR count). The highest BCUT2D eigenvalue weighted by Gasteiger charge is 2.60. The maximum absolute atomic E-state index is 13.3. The van der Waals surface area contributed by atoms with E-state index in [1.165, 1.54) is 14.1 Å². The van der Waals surface area contributed by atoms with Gasteiger partial charge in [-0.3, -0.25) is 0 Å². The molecule has 0 aliphatic carbocycles. The van der Waals surface area contributed by atoms with Crippen LogP contribution in [0, 0.1) is 0 Å². The first-order chi connectivity index (χ1) is 8.80. The van der Waals surface area contributed by atoms with Gasteiger partial charge in [-0.25, -0.2) is 14.6 Å². The van der Waals surface area contributed by atoms with Gasteiger partial charge < -0.3 is 10.4 Å². The van der Waals surface area contributed by atoms with Crippen LogP contribution in [0.15, 0.2) is 12.5 Å². The SMILES string of the molecule is CNc1ncc([C@](O)(c2ncnn2C)C(F)(F)F)s1. The van der Waals surface area contributed by atoms with Crippen LogP contribution in [-0.4, -0.2) is 38.1 Å². The Bertz CT molecular complexity index is 580. The van der Waals surface area contributed by atoms with Crippen molar-refractivity contribution in [1.82, 2.24) is 19.7 Å². The molecule has 2 heterocycles. The standard InChI is InChI=1S/C9H10F3N5OS/c1-13-7-14-3-5(19-7)8(18,9(10,11)12)6-15-4-16-17(6)2/h3-4,18H,1-2H3,(H,13,14)/t8-/m0/s1. The molecule has 1 atom stereocenters. The monoisotopic (exact) mass is 293 g/mol. The molecule has 2 aromatic rings. The summed E-state index contributed by atoms with van der Waals surface area (Å²) in [5.41, 5.74) is -3.23. The number of anilines is 1. The molecule has 0 aromatic carbocycles. The summed E-state index contributed by atoms with van der Waals surface area (Å²) in [5.74, 6) is -0.605. The molecule has 0 amide bonds. The van der Waals surface area contributed by atoms with Gasteiger partial charge >= 0.3 is 6.18 Å². The minimum absolute atomic E-state index is 0.264. The van der Waals surface area contributed by atoms with E-state index < -0.39 is 17.6 Å². The van der Waals surface area contributed by atoms with Crippen LogP contribution in [0.2, 0.25) is 0 Å². The minimum atomic E-state index is -4.94. The molecule has 0 unspecified atom stereocenters. The second-order valence-electron chi connectivity index (χ2n) is 3.70. The number of alkyl halides is 3. The summed E-state index contributed by atoms with van der Waals surface area (Å²) in [7, 11) is 2.80. The number of halogens is 3. The Morgan fingerprint density at radius 2 is 2.05 bits per heavy atom. The second kappa shape index (κ2) is 4.46. The van der Waals surface area contributed by atoms with Gasteiger partial charge in [0.05, 0.1) is 4.88 Å². The number of aryl methyl sites for hydroxylation is 1. The summed E-state index contributed by atoms with van der Waals surface area (Å²) >= 11 is 0.700. The van der Waals surface area contributed by atoms with E-state index in [1.807, 2.05) is 0 Å². The van der Waals surface area contributed by atoms with E-state index in [0.29, 0.717) is 11.3 Å². The van der Waals surface area contributed by atoms with Gasteiger partial charge in [-0.1, -0.05) is 11.3 Å². The maximum Gasteiger partial charge on any atom is 0.429 e. The summed E-state index contributed by atoms with van der Waals surface area (Å²) in [5, 5.41) is 16.6. The lowest BCUT2D eigenvalue weighted by Gasteiger charge is -2.27. The Balaban J connectivity index is 2.62. The molecule has 0 saturated carbocycles. The zero-order valence-corrected chi connectivity index (χ0v) is 10.7. The number of aromatic nitrogens is 4. The van der Waals surface area contributed by atoms with Crippen LogP contribution in [0.1, 0.15) is 10.7 Å². The number of hydrogen-bond donors (Lipinski definition) is 2. The molecule has 2 N–H and O–H groups in total. The lowest BCUT2D eigenvalue weighted by Crippen LogP contribution is -2.44. The van der Waals surface area contributed by atoms with Crippen molar-refractivity contribution in [1.29, 1.82) is 0 Å². The van der Waals surface area contributed by atoms with Crippen LogP contribution in [-0.2, 0) is 12.6 Å². The molecule has 0 bridgehead atoms. The zero-order valence-electron chi connectivity index (χ0n) is 9.93. The van der Waals surface area contributed by atoms with Crippen molar-refractivity contribution in [2.45, 2.75) is 11.8 Å². The number of thiazole rings is 1. The summed E-state index contributed by atoms with van der Waals surface area (Å²) in [4.78, 5) is 6.88. The van der Waals surface area contributed by atoms with Crippen molar-refractivity contribution in [3.05, 3.63) is 23.2 Å². The molecule has 0 fully saturated rings. The molecule has 0 aliphatic heterocycles. The Morgan fingerprint density at radius 3 is 2.47 bits per heavy atom. The Kier molecular flexibility index (Phi) is 3.22. The van der Waals surface area contributed by atoms with E-state index in [-0.39, 0.29) is 10.0 Å². The summed E-state index contributed by atoms with van der Waals surface area (Å²) < 4.78 is 40.7. The van der Waals surface area contributed by atoms with Gasteiger partial charge in [0.25, 0.3) is 5.60 Å². The smallest absolute Gasteiger partial charge is 0.369 e. The minimum Gasteiger partial charge on any atom is -0.369 e. The predicted octanol–water partition coefficient (Wildman–Crippen LogP) is 1.11. The van der Waals surface area contributed by atoms with Crippen molar-refractivity contribution >= 4 is 16.5 Å². The van der Waals surface area contributed by atoms with Crippen LogP contribution >= 0.6 is 11.3 Å². The van der Waals surface area contributed by atoms with Gasteiger partial charge in [0.1, 0.15) is 6.33 Å². The van der Waals surface area contributed by atoms with Crippen LogP contribution in [0.5, 0.6) is 0 Å². The Labute approximate surface area is 109 Å².